The molecule has 0 spiro atoms. The average Bonchev–Trinajstić information content (AvgIpc) is 2.75. The van der Waals surface area contributed by atoms with Crippen LogP contribution in [0.15, 0.2) is 42.6 Å². The lowest BCUT2D eigenvalue weighted by atomic mass is 10.0. The Labute approximate surface area is 171 Å². The summed E-state index contributed by atoms with van der Waals surface area (Å²) in [5, 5.41) is 3.03. The van der Waals surface area contributed by atoms with Crippen molar-refractivity contribution in [2.75, 3.05) is 33.4 Å². The lowest BCUT2D eigenvalue weighted by Crippen LogP contribution is -2.45. The molecule has 0 saturated carbocycles. The van der Waals surface area contributed by atoms with E-state index in [-0.39, 0.29) is 24.7 Å². The van der Waals surface area contributed by atoms with Crippen LogP contribution in [0.3, 0.4) is 0 Å². The summed E-state index contributed by atoms with van der Waals surface area (Å²) < 4.78 is 16.6. The van der Waals surface area contributed by atoms with E-state index >= 15 is 0 Å². The molecule has 7 nitrogen and oxygen atoms in total. The van der Waals surface area contributed by atoms with Crippen molar-refractivity contribution in [2.45, 2.75) is 31.5 Å². The van der Waals surface area contributed by atoms with Gasteiger partial charge in [0.05, 0.1) is 0 Å². The van der Waals surface area contributed by atoms with Gasteiger partial charge in [0, 0.05) is 39.0 Å². The molecule has 1 amide bonds. The number of nitrogens with one attached hydrogen (secondary N) is 1. The van der Waals surface area contributed by atoms with Gasteiger partial charge in [-0.25, -0.2) is 4.98 Å². The van der Waals surface area contributed by atoms with Crippen molar-refractivity contribution >= 4 is 5.91 Å². The van der Waals surface area contributed by atoms with E-state index in [1.807, 2.05) is 12.1 Å². The summed E-state index contributed by atoms with van der Waals surface area (Å²) in [7, 11) is 1.54. The number of pyridine rings is 1. The fraction of sp³-hybridized carbons (Fsp3) is 0.455. The summed E-state index contributed by atoms with van der Waals surface area (Å²) in [5.74, 6) is 1.21. The molecular formula is C22H27N3O4. The van der Waals surface area contributed by atoms with Gasteiger partial charge in [0.25, 0.3) is 5.88 Å². The fourth-order valence-electron chi connectivity index (χ4n) is 3.80. The summed E-state index contributed by atoms with van der Waals surface area (Å²) >= 11 is 0. The molecule has 1 aromatic heterocycles. The summed E-state index contributed by atoms with van der Waals surface area (Å²) in [6, 6.07) is 12.5. The van der Waals surface area contributed by atoms with Crippen molar-refractivity contribution < 1.29 is 19.0 Å². The number of benzene rings is 1. The van der Waals surface area contributed by atoms with Gasteiger partial charge in [-0.05, 0) is 36.1 Å². The Morgan fingerprint density at radius 3 is 2.79 bits per heavy atom. The number of hydrogen-bond acceptors (Lipinski definition) is 6. The molecule has 0 radical (unpaired) electrons. The van der Waals surface area contributed by atoms with Crippen LogP contribution in [0.25, 0.3) is 0 Å². The van der Waals surface area contributed by atoms with Crippen molar-refractivity contribution in [2.24, 2.45) is 0 Å². The van der Waals surface area contributed by atoms with Crippen LogP contribution in [0.4, 0.5) is 0 Å². The Hall–Kier alpha value is -2.64. The number of fused-ring (bicyclic) bond motifs is 1. The zero-order chi connectivity index (χ0) is 20.1. The Kier molecular flexibility index (Phi) is 6.27. The minimum Gasteiger partial charge on any atom is -0.484 e. The van der Waals surface area contributed by atoms with Crippen LogP contribution in [0.1, 0.15) is 30.1 Å². The molecule has 4 rings (SSSR count). The number of ether oxygens (including phenoxy) is 3. The third kappa shape index (κ3) is 5.05. The number of methoxy groups -OCH3 is 1. The number of piperidine rings is 1. The molecule has 1 fully saturated rings. The first kappa shape index (κ1) is 19.7. The topological polar surface area (TPSA) is 72.9 Å². The minimum atomic E-state index is -0.141. The van der Waals surface area contributed by atoms with Crippen LogP contribution in [0.5, 0.6) is 11.6 Å². The van der Waals surface area contributed by atoms with Gasteiger partial charge in [0.2, 0.25) is 5.91 Å². The zero-order valence-electron chi connectivity index (χ0n) is 16.7. The Morgan fingerprint density at radius 1 is 1.24 bits per heavy atom. The molecule has 0 aliphatic carbocycles. The first-order valence-corrected chi connectivity index (χ1v) is 10.1. The SMILES string of the molecule is COCC(=O)NC1CCN(Cc2ccc(C3COc4cccnc4O3)cc2)CC1. The van der Waals surface area contributed by atoms with E-state index in [0.29, 0.717) is 18.2 Å². The monoisotopic (exact) mass is 397 g/mol. The predicted octanol–water partition coefficient (Wildman–Crippen LogP) is 2.32. The molecule has 0 bridgehead atoms. The van der Waals surface area contributed by atoms with Gasteiger partial charge in [0.15, 0.2) is 11.9 Å². The third-order valence-corrected chi connectivity index (χ3v) is 5.37. The number of hydrogen-bond donors (Lipinski definition) is 1. The number of aromatic nitrogens is 1. The van der Waals surface area contributed by atoms with E-state index in [1.165, 1.54) is 12.7 Å². The molecule has 1 unspecified atom stereocenters. The van der Waals surface area contributed by atoms with Crippen molar-refractivity contribution in [3.05, 3.63) is 53.7 Å². The van der Waals surface area contributed by atoms with Gasteiger partial charge in [-0.1, -0.05) is 24.3 Å². The molecule has 2 aliphatic heterocycles. The molecule has 154 valence electrons. The third-order valence-electron chi connectivity index (χ3n) is 5.37. The van der Waals surface area contributed by atoms with E-state index in [0.717, 1.165) is 38.0 Å². The second kappa shape index (κ2) is 9.24. The van der Waals surface area contributed by atoms with Crippen LogP contribution in [-0.4, -0.2) is 55.2 Å². The lowest BCUT2D eigenvalue weighted by molar-refractivity contribution is -0.125. The Balaban J connectivity index is 1.27. The fourth-order valence-corrected chi connectivity index (χ4v) is 3.80. The normalized spacial score (nSPS) is 19.7. The number of rotatable bonds is 6. The standard InChI is InChI=1S/C22H27N3O4/c1-27-15-21(26)24-18-8-11-25(12-9-18)13-16-4-6-17(7-5-16)20-14-28-19-3-2-10-23-22(19)29-20/h2-7,10,18,20H,8-9,11-15H2,1H3,(H,24,26). The highest BCUT2D eigenvalue weighted by molar-refractivity contribution is 5.77. The van der Waals surface area contributed by atoms with Crippen LogP contribution in [0, 0.1) is 0 Å². The van der Waals surface area contributed by atoms with Crippen LogP contribution < -0.4 is 14.8 Å². The highest BCUT2D eigenvalue weighted by atomic mass is 16.6. The molecule has 7 heteroatoms. The number of carbonyl (C=O) groups is 1. The van der Waals surface area contributed by atoms with Crippen LogP contribution in [-0.2, 0) is 16.1 Å². The van der Waals surface area contributed by atoms with Gasteiger partial charge in [-0.2, -0.15) is 0 Å². The van der Waals surface area contributed by atoms with Crippen LogP contribution in [0.2, 0.25) is 0 Å². The minimum absolute atomic E-state index is 0.0340. The van der Waals surface area contributed by atoms with Crippen molar-refractivity contribution in [1.29, 1.82) is 0 Å². The van der Waals surface area contributed by atoms with Gasteiger partial charge in [0.1, 0.15) is 13.2 Å². The van der Waals surface area contributed by atoms with Gasteiger partial charge in [-0.3, -0.25) is 9.69 Å². The maximum absolute atomic E-state index is 11.6. The molecule has 1 N–H and O–H groups in total. The average molecular weight is 397 g/mol. The molecule has 2 aliphatic rings. The van der Waals surface area contributed by atoms with Gasteiger partial charge in [-0.15, -0.1) is 0 Å². The number of carbonyl (C=O) groups excluding carboxylic acids is 1. The van der Waals surface area contributed by atoms with E-state index in [1.54, 1.807) is 6.20 Å². The molecule has 3 heterocycles. The van der Waals surface area contributed by atoms with Gasteiger partial charge >= 0.3 is 0 Å². The van der Waals surface area contributed by atoms with E-state index < -0.39 is 0 Å². The number of amides is 1. The van der Waals surface area contributed by atoms with E-state index in [2.05, 4.69) is 39.5 Å². The largest absolute Gasteiger partial charge is 0.484 e. The Morgan fingerprint density at radius 2 is 2.03 bits per heavy atom. The molecule has 1 atom stereocenters. The smallest absolute Gasteiger partial charge is 0.257 e. The predicted molar refractivity (Wildman–Crippen MR) is 108 cm³/mol. The molecular weight excluding hydrogens is 370 g/mol. The first-order chi connectivity index (χ1) is 14.2. The first-order valence-electron chi connectivity index (χ1n) is 10.1. The zero-order valence-corrected chi connectivity index (χ0v) is 16.7. The van der Waals surface area contributed by atoms with Crippen molar-refractivity contribution in [1.82, 2.24) is 15.2 Å². The number of nitrogens with zero attached hydrogens (tertiary/aromatic N) is 2. The van der Waals surface area contributed by atoms with Crippen molar-refractivity contribution in [3.8, 4) is 11.6 Å². The molecule has 1 aromatic carbocycles. The Bertz CT molecular complexity index is 819. The molecule has 29 heavy (non-hydrogen) atoms. The molecule has 1 saturated heterocycles. The van der Waals surface area contributed by atoms with Crippen molar-refractivity contribution in [3.63, 3.8) is 0 Å². The second-order valence-corrected chi connectivity index (χ2v) is 7.52. The van der Waals surface area contributed by atoms with Crippen LogP contribution >= 0.6 is 0 Å². The van der Waals surface area contributed by atoms with E-state index in [9.17, 15) is 4.79 Å². The maximum atomic E-state index is 11.6. The summed E-state index contributed by atoms with van der Waals surface area (Å²) in [6.07, 6.45) is 3.50. The quantitative estimate of drug-likeness (QED) is 0.807. The highest BCUT2D eigenvalue weighted by Gasteiger charge is 2.24. The molecule has 2 aromatic rings. The lowest BCUT2D eigenvalue weighted by Gasteiger charge is -2.32. The van der Waals surface area contributed by atoms with E-state index in [4.69, 9.17) is 14.2 Å². The second-order valence-electron chi connectivity index (χ2n) is 7.52. The summed E-state index contributed by atoms with van der Waals surface area (Å²) in [6.45, 7) is 3.47. The maximum Gasteiger partial charge on any atom is 0.257 e. The number of likely N-dealkylation sites (tertiary alicyclic amines) is 1. The van der Waals surface area contributed by atoms with Gasteiger partial charge < -0.3 is 19.5 Å². The summed E-state index contributed by atoms with van der Waals surface area (Å²) in [4.78, 5) is 18.3. The summed E-state index contributed by atoms with van der Waals surface area (Å²) in [5.41, 5.74) is 2.36. The highest BCUT2D eigenvalue weighted by Crippen LogP contribution is 2.34.